The summed E-state index contributed by atoms with van der Waals surface area (Å²) in [5.74, 6) is -1.03. The van der Waals surface area contributed by atoms with E-state index in [2.05, 4.69) is 5.32 Å². The standard InChI is InChI=1S/C24H26N2O7/c1-30-20-11-7-4-8-16(20)12-13-25-22(27)17-9-5-6-10-19(17)26-15-33-14-18(23(28)31-2)21(26)24(29)32-3/h4-11H,12-15H2,1-3H3,(H,25,27). The van der Waals surface area contributed by atoms with Gasteiger partial charge in [-0.2, -0.15) is 0 Å². The van der Waals surface area contributed by atoms with E-state index in [4.69, 9.17) is 18.9 Å². The zero-order chi connectivity index (χ0) is 23.8. The Morgan fingerprint density at radius 3 is 2.39 bits per heavy atom. The minimum absolute atomic E-state index is 0.0157. The number of carbonyl (C=O) groups excluding carboxylic acids is 3. The molecule has 0 atom stereocenters. The maximum Gasteiger partial charge on any atom is 0.355 e. The Kier molecular flexibility index (Phi) is 8.04. The summed E-state index contributed by atoms with van der Waals surface area (Å²) >= 11 is 0. The van der Waals surface area contributed by atoms with Gasteiger partial charge in [0.2, 0.25) is 0 Å². The summed E-state index contributed by atoms with van der Waals surface area (Å²) < 4.78 is 20.5. The van der Waals surface area contributed by atoms with Crippen LogP contribution >= 0.6 is 0 Å². The van der Waals surface area contributed by atoms with Crippen LogP contribution in [0.4, 0.5) is 5.69 Å². The average Bonchev–Trinajstić information content (AvgIpc) is 2.87. The molecule has 0 unspecified atom stereocenters. The first-order valence-electron chi connectivity index (χ1n) is 10.3. The largest absolute Gasteiger partial charge is 0.496 e. The van der Waals surface area contributed by atoms with Crippen molar-refractivity contribution in [3.8, 4) is 5.75 Å². The van der Waals surface area contributed by atoms with Crippen LogP contribution in [-0.4, -0.2) is 59.1 Å². The summed E-state index contributed by atoms with van der Waals surface area (Å²) in [6.07, 6.45) is 0.574. The Morgan fingerprint density at radius 1 is 0.970 bits per heavy atom. The fourth-order valence-electron chi connectivity index (χ4n) is 3.55. The molecule has 1 aliphatic rings. The van der Waals surface area contributed by atoms with Crippen LogP contribution in [0.3, 0.4) is 0 Å². The average molecular weight is 454 g/mol. The van der Waals surface area contributed by atoms with Crippen LogP contribution in [0, 0.1) is 0 Å². The van der Waals surface area contributed by atoms with Crippen molar-refractivity contribution >= 4 is 23.5 Å². The van der Waals surface area contributed by atoms with Crippen LogP contribution < -0.4 is 15.0 Å². The lowest BCUT2D eigenvalue weighted by Crippen LogP contribution is -2.40. The molecule has 1 N–H and O–H groups in total. The molecule has 0 saturated heterocycles. The number of hydrogen-bond acceptors (Lipinski definition) is 8. The summed E-state index contributed by atoms with van der Waals surface area (Å²) in [6.45, 7) is 0.217. The zero-order valence-electron chi connectivity index (χ0n) is 18.8. The van der Waals surface area contributed by atoms with Crippen molar-refractivity contribution in [2.24, 2.45) is 0 Å². The predicted molar refractivity (Wildman–Crippen MR) is 120 cm³/mol. The fourth-order valence-corrected chi connectivity index (χ4v) is 3.55. The molecule has 33 heavy (non-hydrogen) atoms. The van der Waals surface area contributed by atoms with Gasteiger partial charge in [-0.3, -0.25) is 4.79 Å². The van der Waals surface area contributed by atoms with Crippen molar-refractivity contribution in [3.63, 3.8) is 0 Å². The first-order chi connectivity index (χ1) is 16.0. The zero-order valence-corrected chi connectivity index (χ0v) is 18.8. The molecule has 3 rings (SSSR count). The lowest BCUT2D eigenvalue weighted by atomic mass is 10.1. The van der Waals surface area contributed by atoms with Gasteiger partial charge in [-0.25, -0.2) is 9.59 Å². The lowest BCUT2D eigenvalue weighted by molar-refractivity contribution is -0.140. The fraction of sp³-hybridized carbons (Fsp3) is 0.292. The first kappa shape index (κ1) is 23.8. The minimum atomic E-state index is -0.731. The van der Waals surface area contributed by atoms with Crippen LogP contribution in [0.2, 0.25) is 0 Å². The molecule has 0 aromatic heterocycles. The van der Waals surface area contributed by atoms with E-state index in [0.717, 1.165) is 11.3 Å². The highest BCUT2D eigenvalue weighted by atomic mass is 16.5. The molecular weight excluding hydrogens is 428 g/mol. The van der Waals surface area contributed by atoms with Crippen molar-refractivity contribution in [2.75, 3.05) is 46.1 Å². The summed E-state index contributed by atoms with van der Waals surface area (Å²) in [4.78, 5) is 39.3. The maximum atomic E-state index is 13.0. The molecule has 9 heteroatoms. The molecular formula is C24H26N2O7. The molecule has 2 aromatic rings. The molecule has 1 heterocycles. The number of carbonyl (C=O) groups is 3. The summed E-state index contributed by atoms with van der Waals surface area (Å²) in [5.41, 5.74) is 1.67. The van der Waals surface area contributed by atoms with Gasteiger partial charge in [0, 0.05) is 6.54 Å². The molecule has 174 valence electrons. The molecule has 0 fully saturated rings. The van der Waals surface area contributed by atoms with Gasteiger partial charge in [0.15, 0.2) is 0 Å². The van der Waals surface area contributed by atoms with Gasteiger partial charge in [0.25, 0.3) is 5.91 Å². The lowest BCUT2D eigenvalue weighted by Gasteiger charge is -2.32. The topological polar surface area (TPSA) is 103 Å². The number of hydrogen-bond donors (Lipinski definition) is 1. The van der Waals surface area contributed by atoms with E-state index in [0.29, 0.717) is 24.2 Å². The van der Waals surface area contributed by atoms with Gasteiger partial charge in [0.1, 0.15) is 18.2 Å². The minimum Gasteiger partial charge on any atom is -0.496 e. The normalized spacial score (nSPS) is 13.4. The van der Waals surface area contributed by atoms with Crippen molar-refractivity contribution < 1.29 is 33.3 Å². The quantitative estimate of drug-likeness (QED) is 0.605. The Labute approximate surface area is 191 Å². The van der Waals surface area contributed by atoms with Crippen molar-refractivity contribution in [2.45, 2.75) is 6.42 Å². The Balaban J connectivity index is 1.86. The number of amides is 1. The SMILES string of the molecule is COC(=O)C1=C(C(=O)OC)N(c2ccccc2C(=O)NCCc2ccccc2OC)COC1. The third-order valence-corrected chi connectivity index (χ3v) is 5.14. The van der Waals surface area contributed by atoms with E-state index in [1.165, 1.54) is 19.1 Å². The summed E-state index contributed by atoms with van der Waals surface area (Å²) in [5, 5.41) is 2.90. The van der Waals surface area contributed by atoms with Gasteiger partial charge in [-0.15, -0.1) is 0 Å². The highest BCUT2D eigenvalue weighted by Crippen LogP contribution is 2.29. The van der Waals surface area contributed by atoms with Gasteiger partial charge in [0.05, 0.1) is 44.8 Å². The van der Waals surface area contributed by atoms with Gasteiger partial charge in [-0.1, -0.05) is 30.3 Å². The van der Waals surface area contributed by atoms with Crippen molar-refractivity contribution in [1.82, 2.24) is 5.32 Å². The molecule has 0 saturated carbocycles. The number of benzene rings is 2. The number of nitrogens with one attached hydrogen (secondary N) is 1. The van der Waals surface area contributed by atoms with Gasteiger partial charge >= 0.3 is 11.9 Å². The summed E-state index contributed by atoms with van der Waals surface area (Å²) in [7, 11) is 4.03. The van der Waals surface area contributed by atoms with E-state index >= 15 is 0 Å². The van der Waals surface area contributed by atoms with Crippen LogP contribution in [0.15, 0.2) is 59.8 Å². The monoisotopic (exact) mass is 454 g/mol. The van der Waals surface area contributed by atoms with E-state index in [-0.39, 0.29) is 30.5 Å². The second-order valence-electron chi connectivity index (χ2n) is 7.05. The smallest absolute Gasteiger partial charge is 0.355 e. The number of rotatable bonds is 8. The van der Waals surface area contributed by atoms with Crippen LogP contribution in [0.5, 0.6) is 5.75 Å². The molecule has 0 spiro atoms. The molecule has 2 aromatic carbocycles. The molecule has 1 amide bonds. The predicted octanol–water partition coefficient (Wildman–Crippen LogP) is 2.06. The Hall–Kier alpha value is -3.85. The maximum absolute atomic E-state index is 13.0. The number of ether oxygens (including phenoxy) is 4. The molecule has 0 bridgehead atoms. The highest BCUT2D eigenvalue weighted by Gasteiger charge is 2.33. The third kappa shape index (κ3) is 5.32. The highest BCUT2D eigenvalue weighted by molar-refractivity contribution is 6.06. The first-order valence-corrected chi connectivity index (χ1v) is 10.3. The van der Waals surface area contributed by atoms with E-state index < -0.39 is 11.9 Å². The third-order valence-electron chi connectivity index (χ3n) is 5.14. The van der Waals surface area contributed by atoms with Gasteiger partial charge < -0.3 is 29.2 Å². The summed E-state index contributed by atoms with van der Waals surface area (Å²) in [6, 6.07) is 14.3. The van der Waals surface area contributed by atoms with E-state index in [1.54, 1.807) is 31.4 Å². The second kappa shape index (κ2) is 11.1. The van der Waals surface area contributed by atoms with Crippen LogP contribution in [0.1, 0.15) is 15.9 Å². The number of para-hydroxylation sites is 2. The van der Waals surface area contributed by atoms with Crippen LogP contribution in [-0.2, 0) is 30.2 Å². The molecule has 0 radical (unpaired) electrons. The number of nitrogens with zero attached hydrogens (tertiary/aromatic N) is 1. The van der Waals surface area contributed by atoms with Crippen molar-refractivity contribution in [1.29, 1.82) is 0 Å². The van der Waals surface area contributed by atoms with E-state index in [1.807, 2.05) is 24.3 Å². The van der Waals surface area contributed by atoms with Crippen molar-refractivity contribution in [3.05, 3.63) is 70.9 Å². The Bertz CT molecular complexity index is 1060. The van der Waals surface area contributed by atoms with E-state index in [9.17, 15) is 14.4 Å². The van der Waals surface area contributed by atoms with Gasteiger partial charge in [-0.05, 0) is 30.2 Å². The number of methoxy groups -OCH3 is 3. The van der Waals surface area contributed by atoms with Crippen LogP contribution in [0.25, 0.3) is 0 Å². The Morgan fingerprint density at radius 2 is 1.67 bits per heavy atom. The molecule has 1 aliphatic heterocycles. The number of esters is 2. The molecule has 9 nitrogen and oxygen atoms in total. The molecule has 0 aliphatic carbocycles. The number of anilines is 1. The second-order valence-corrected chi connectivity index (χ2v) is 7.05.